The van der Waals surface area contributed by atoms with Crippen LogP contribution in [0.25, 0.3) is 0 Å². The molecule has 0 bridgehead atoms. The molecule has 2 N–H and O–H groups in total. The SMILES string of the molecule is CCCCCCc1cccc(Nc2nc(Nc3ccc(OCC)cc3)ncc2C(F)(F)F)c1. The van der Waals surface area contributed by atoms with Crippen LogP contribution in [0.2, 0.25) is 0 Å². The van der Waals surface area contributed by atoms with E-state index in [1.807, 2.05) is 25.1 Å². The second-order valence-electron chi connectivity index (χ2n) is 7.67. The fraction of sp³-hybridized carbons (Fsp3) is 0.360. The molecule has 0 aliphatic rings. The van der Waals surface area contributed by atoms with Crippen molar-refractivity contribution in [2.45, 2.75) is 52.1 Å². The van der Waals surface area contributed by atoms with E-state index < -0.39 is 11.7 Å². The molecule has 0 saturated carbocycles. The number of anilines is 4. The number of ether oxygens (including phenoxy) is 1. The molecule has 0 amide bonds. The number of hydrogen-bond donors (Lipinski definition) is 2. The molecule has 1 aromatic heterocycles. The molecule has 0 fully saturated rings. The predicted octanol–water partition coefficient (Wildman–Crippen LogP) is 7.50. The average molecular weight is 459 g/mol. The van der Waals surface area contributed by atoms with Gasteiger partial charge in [-0.25, -0.2) is 4.98 Å². The van der Waals surface area contributed by atoms with Gasteiger partial charge in [-0.15, -0.1) is 0 Å². The zero-order valence-corrected chi connectivity index (χ0v) is 18.9. The van der Waals surface area contributed by atoms with Crippen molar-refractivity contribution >= 4 is 23.1 Å². The molecular formula is C25H29F3N4O. The van der Waals surface area contributed by atoms with Crippen LogP contribution in [0.5, 0.6) is 5.75 Å². The van der Waals surface area contributed by atoms with Gasteiger partial charge in [-0.2, -0.15) is 18.2 Å². The summed E-state index contributed by atoms with van der Waals surface area (Å²) in [7, 11) is 0. The first-order valence-electron chi connectivity index (χ1n) is 11.2. The van der Waals surface area contributed by atoms with Crippen molar-refractivity contribution in [1.82, 2.24) is 9.97 Å². The van der Waals surface area contributed by atoms with E-state index in [4.69, 9.17) is 4.74 Å². The molecule has 0 atom stereocenters. The maximum Gasteiger partial charge on any atom is 0.421 e. The van der Waals surface area contributed by atoms with E-state index in [2.05, 4.69) is 27.5 Å². The summed E-state index contributed by atoms with van der Waals surface area (Å²) in [4.78, 5) is 7.98. The van der Waals surface area contributed by atoms with Crippen molar-refractivity contribution in [1.29, 1.82) is 0 Å². The lowest BCUT2D eigenvalue weighted by Gasteiger charge is -2.15. The molecule has 2 aromatic carbocycles. The van der Waals surface area contributed by atoms with Gasteiger partial charge in [0, 0.05) is 17.6 Å². The van der Waals surface area contributed by atoms with E-state index in [0.29, 0.717) is 23.7 Å². The number of rotatable bonds is 11. The Labute approximate surface area is 192 Å². The summed E-state index contributed by atoms with van der Waals surface area (Å²) in [5.74, 6) is 0.466. The Morgan fingerprint density at radius 1 is 0.909 bits per heavy atom. The molecule has 8 heteroatoms. The lowest BCUT2D eigenvalue weighted by molar-refractivity contribution is -0.137. The maximum atomic E-state index is 13.6. The van der Waals surface area contributed by atoms with Crippen LogP contribution in [-0.2, 0) is 12.6 Å². The van der Waals surface area contributed by atoms with Crippen LogP contribution in [0.3, 0.4) is 0 Å². The number of alkyl halides is 3. The lowest BCUT2D eigenvalue weighted by Crippen LogP contribution is -2.12. The molecular weight excluding hydrogens is 429 g/mol. The Morgan fingerprint density at radius 2 is 1.70 bits per heavy atom. The smallest absolute Gasteiger partial charge is 0.421 e. The minimum Gasteiger partial charge on any atom is -0.494 e. The summed E-state index contributed by atoms with van der Waals surface area (Å²) < 4.78 is 46.2. The van der Waals surface area contributed by atoms with E-state index in [0.717, 1.165) is 37.4 Å². The summed E-state index contributed by atoms with van der Waals surface area (Å²) in [6, 6.07) is 14.5. The summed E-state index contributed by atoms with van der Waals surface area (Å²) in [6.07, 6.45) is 1.61. The van der Waals surface area contributed by atoms with Gasteiger partial charge in [0.15, 0.2) is 0 Å². The van der Waals surface area contributed by atoms with E-state index in [-0.39, 0.29) is 11.8 Å². The first-order chi connectivity index (χ1) is 15.9. The largest absolute Gasteiger partial charge is 0.494 e. The number of unbranched alkanes of at least 4 members (excludes halogenated alkanes) is 3. The van der Waals surface area contributed by atoms with Crippen molar-refractivity contribution in [3.05, 3.63) is 65.9 Å². The maximum absolute atomic E-state index is 13.6. The standard InChI is InChI=1S/C25H29F3N4O/c1-3-5-6-7-9-18-10-8-11-20(16-18)30-23-22(25(26,27)28)17-29-24(32-23)31-19-12-14-21(15-13-19)33-4-2/h8,10-17H,3-7,9H2,1-2H3,(H2,29,30,31,32). The Balaban J connectivity index is 1.79. The first kappa shape index (κ1) is 24.4. The zero-order chi connectivity index (χ0) is 23.7. The highest BCUT2D eigenvalue weighted by atomic mass is 19.4. The Morgan fingerprint density at radius 3 is 2.39 bits per heavy atom. The molecule has 33 heavy (non-hydrogen) atoms. The number of halogens is 3. The molecule has 0 spiro atoms. The Kier molecular flexibility index (Phi) is 8.52. The van der Waals surface area contributed by atoms with Crippen LogP contribution in [0, 0.1) is 0 Å². The van der Waals surface area contributed by atoms with Gasteiger partial charge >= 0.3 is 6.18 Å². The van der Waals surface area contributed by atoms with Crippen molar-refractivity contribution < 1.29 is 17.9 Å². The fourth-order valence-corrected chi connectivity index (χ4v) is 3.37. The topological polar surface area (TPSA) is 59.1 Å². The van der Waals surface area contributed by atoms with E-state index in [9.17, 15) is 13.2 Å². The van der Waals surface area contributed by atoms with Crippen molar-refractivity contribution in [2.75, 3.05) is 17.2 Å². The Hall–Kier alpha value is -3.29. The summed E-state index contributed by atoms with van der Waals surface area (Å²) >= 11 is 0. The van der Waals surface area contributed by atoms with Crippen LogP contribution in [0.1, 0.15) is 50.7 Å². The summed E-state index contributed by atoms with van der Waals surface area (Å²) in [5.41, 5.74) is 1.34. The molecule has 5 nitrogen and oxygen atoms in total. The van der Waals surface area contributed by atoms with Crippen LogP contribution < -0.4 is 15.4 Å². The van der Waals surface area contributed by atoms with Gasteiger partial charge in [0.2, 0.25) is 5.95 Å². The lowest BCUT2D eigenvalue weighted by atomic mass is 10.1. The molecule has 0 saturated heterocycles. The van der Waals surface area contributed by atoms with Crippen molar-refractivity contribution in [3.63, 3.8) is 0 Å². The van der Waals surface area contributed by atoms with E-state index >= 15 is 0 Å². The zero-order valence-electron chi connectivity index (χ0n) is 18.9. The van der Waals surface area contributed by atoms with E-state index in [1.165, 1.54) is 6.42 Å². The van der Waals surface area contributed by atoms with Gasteiger partial charge in [-0.1, -0.05) is 38.3 Å². The number of aromatic nitrogens is 2. The molecule has 1 heterocycles. The van der Waals surface area contributed by atoms with Crippen LogP contribution >= 0.6 is 0 Å². The molecule has 0 radical (unpaired) electrons. The van der Waals surface area contributed by atoms with Crippen LogP contribution in [0.4, 0.5) is 36.3 Å². The molecule has 0 aliphatic carbocycles. The van der Waals surface area contributed by atoms with Crippen LogP contribution in [-0.4, -0.2) is 16.6 Å². The molecule has 3 rings (SSSR count). The van der Waals surface area contributed by atoms with E-state index in [1.54, 1.807) is 30.3 Å². The van der Waals surface area contributed by atoms with Gasteiger partial charge in [-0.05, 0) is 61.7 Å². The quantitative estimate of drug-likeness (QED) is 0.291. The fourth-order valence-electron chi connectivity index (χ4n) is 3.37. The van der Waals surface area contributed by atoms with Crippen molar-refractivity contribution in [3.8, 4) is 5.75 Å². The van der Waals surface area contributed by atoms with Gasteiger partial charge in [-0.3, -0.25) is 0 Å². The monoisotopic (exact) mass is 458 g/mol. The number of nitrogens with one attached hydrogen (secondary N) is 2. The third-order valence-corrected chi connectivity index (χ3v) is 5.02. The summed E-state index contributed by atoms with van der Waals surface area (Å²) in [6.45, 7) is 4.59. The second-order valence-corrected chi connectivity index (χ2v) is 7.67. The van der Waals surface area contributed by atoms with Crippen LogP contribution in [0.15, 0.2) is 54.7 Å². The third kappa shape index (κ3) is 7.37. The minimum atomic E-state index is -4.59. The molecule has 176 valence electrons. The summed E-state index contributed by atoms with van der Waals surface area (Å²) in [5, 5.41) is 5.79. The van der Waals surface area contributed by atoms with Gasteiger partial charge in [0.25, 0.3) is 0 Å². The van der Waals surface area contributed by atoms with Gasteiger partial charge in [0.1, 0.15) is 17.1 Å². The minimum absolute atomic E-state index is 0.0605. The molecule has 0 aliphatic heterocycles. The number of hydrogen-bond acceptors (Lipinski definition) is 5. The second kappa shape index (κ2) is 11.5. The molecule has 0 unspecified atom stereocenters. The predicted molar refractivity (Wildman–Crippen MR) is 125 cm³/mol. The van der Waals surface area contributed by atoms with Gasteiger partial charge in [0.05, 0.1) is 6.61 Å². The highest BCUT2D eigenvalue weighted by Gasteiger charge is 2.35. The number of aryl methyl sites for hydroxylation is 1. The first-order valence-corrected chi connectivity index (χ1v) is 11.2. The average Bonchev–Trinajstić information content (AvgIpc) is 2.78. The van der Waals surface area contributed by atoms with Crippen molar-refractivity contribution in [2.24, 2.45) is 0 Å². The number of benzene rings is 2. The third-order valence-electron chi connectivity index (χ3n) is 5.02. The molecule has 3 aromatic rings. The number of nitrogens with zero attached hydrogens (tertiary/aromatic N) is 2. The van der Waals surface area contributed by atoms with Gasteiger partial charge < -0.3 is 15.4 Å². The highest BCUT2D eigenvalue weighted by Crippen LogP contribution is 2.35. The normalized spacial score (nSPS) is 11.3. The highest BCUT2D eigenvalue weighted by molar-refractivity contribution is 5.63. The Bertz CT molecular complexity index is 1020.